The van der Waals surface area contributed by atoms with Crippen molar-refractivity contribution < 1.29 is 13.5 Å². The van der Waals surface area contributed by atoms with Crippen LogP contribution < -0.4 is 0 Å². The minimum Gasteiger partial charge on any atom is -0.385 e. The van der Waals surface area contributed by atoms with Gasteiger partial charge in [-0.05, 0) is 37.7 Å². The van der Waals surface area contributed by atoms with E-state index in [2.05, 4.69) is 0 Å². The van der Waals surface area contributed by atoms with E-state index in [0.29, 0.717) is 19.3 Å². The standard InChI is InChI=1S/C18H24O3S/c1-3-9-18(19)12-13(2)17-16(18)11-15(22(17,20)21)10-14-7-5-4-6-8-14/h3-9,13,15-17,19H,10-12H2,1-2H3/t13-,15+,16+,17+,18-/m1/s1. The maximum atomic E-state index is 12.9. The van der Waals surface area contributed by atoms with Gasteiger partial charge in [0.2, 0.25) is 0 Å². The maximum absolute atomic E-state index is 12.9. The molecule has 0 amide bonds. The van der Waals surface area contributed by atoms with Crippen molar-refractivity contribution in [1.82, 2.24) is 0 Å². The topological polar surface area (TPSA) is 54.4 Å². The predicted octanol–water partition coefficient (Wildman–Crippen LogP) is 2.75. The van der Waals surface area contributed by atoms with Crippen LogP contribution >= 0.6 is 0 Å². The summed E-state index contributed by atoms with van der Waals surface area (Å²) < 4.78 is 25.9. The van der Waals surface area contributed by atoms with Gasteiger partial charge in [-0.2, -0.15) is 0 Å². The largest absolute Gasteiger partial charge is 0.385 e. The van der Waals surface area contributed by atoms with Crippen LogP contribution in [-0.4, -0.2) is 29.6 Å². The second-order valence-electron chi connectivity index (χ2n) is 6.88. The molecule has 0 radical (unpaired) electrons. The highest BCUT2D eigenvalue weighted by molar-refractivity contribution is 7.93. The van der Waals surface area contributed by atoms with Crippen LogP contribution in [0.15, 0.2) is 42.5 Å². The van der Waals surface area contributed by atoms with Crippen LogP contribution in [-0.2, 0) is 16.3 Å². The van der Waals surface area contributed by atoms with E-state index in [-0.39, 0.29) is 17.1 Å². The predicted molar refractivity (Wildman–Crippen MR) is 88.3 cm³/mol. The number of fused-ring (bicyclic) bond motifs is 1. The lowest BCUT2D eigenvalue weighted by molar-refractivity contribution is 0.0489. The van der Waals surface area contributed by atoms with Crippen molar-refractivity contribution in [2.24, 2.45) is 11.8 Å². The van der Waals surface area contributed by atoms with Crippen molar-refractivity contribution >= 4 is 9.84 Å². The summed E-state index contributed by atoms with van der Waals surface area (Å²) in [6.07, 6.45) is 5.30. The third-order valence-corrected chi connectivity index (χ3v) is 8.21. The zero-order valence-electron chi connectivity index (χ0n) is 13.1. The van der Waals surface area contributed by atoms with Crippen LogP contribution in [0.25, 0.3) is 0 Å². The fourth-order valence-corrected chi connectivity index (χ4v) is 7.44. The third-order valence-electron chi connectivity index (χ3n) is 5.37. The Labute approximate surface area is 133 Å². The normalized spacial score (nSPS) is 40.1. The lowest BCUT2D eigenvalue weighted by atomic mass is 9.86. The number of hydrogen-bond donors (Lipinski definition) is 1. The molecule has 0 spiro atoms. The smallest absolute Gasteiger partial charge is 0.157 e. The van der Waals surface area contributed by atoms with Gasteiger partial charge in [0.05, 0.1) is 16.1 Å². The molecule has 1 saturated carbocycles. The summed E-state index contributed by atoms with van der Waals surface area (Å²) in [6, 6.07) is 9.78. The van der Waals surface area contributed by atoms with Crippen LogP contribution in [0.4, 0.5) is 0 Å². The molecule has 1 aliphatic heterocycles. The van der Waals surface area contributed by atoms with Crippen molar-refractivity contribution in [2.75, 3.05) is 0 Å². The van der Waals surface area contributed by atoms with Gasteiger partial charge in [0.15, 0.2) is 9.84 Å². The molecule has 120 valence electrons. The number of sulfone groups is 1. The number of rotatable bonds is 3. The van der Waals surface area contributed by atoms with Crippen LogP contribution in [0.3, 0.4) is 0 Å². The fraction of sp³-hybridized carbons (Fsp3) is 0.556. The number of allylic oxidation sites excluding steroid dienone is 1. The quantitative estimate of drug-likeness (QED) is 0.871. The van der Waals surface area contributed by atoms with Crippen LogP contribution in [0.5, 0.6) is 0 Å². The molecule has 0 aromatic heterocycles. The Bertz CT molecular complexity index is 665. The summed E-state index contributed by atoms with van der Waals surface area (Å²) in [5, 5.41) is 10.1. The van der Waals surface area contributed by atoms with Crippen molar-refractivity contribution in [2.45, 2.75) is 49.2 Å². The van der Waals surface area contributed by atoms with E-state index in [4.69, 9.17) is 0 Å². The lowest BCUT2D eigenvalue weighted by Crippen LogP contribution is -2.33. The third kappa shape index (κ3) is 2.42. The molecule has 2 fully saturated rings. The molecule has 4 heteroatoms. The highest BCUT2D eigenvalue weighted by atomic mass is 32.2. The molecule has 3 nitrogen and oxygen atoms in total. The Balaban J connectivity index is 1.91. The molecule has 1 aromatic carbocycles. The Morgan fingerprint density at radius 3 is 2.64 bits per heavy atom. The highest BCUT2D eigenvalue weighted by Gasteiger charge is 2.61. The van der Waals surface area contributed by atoms with Crippen molar-refractivity contribution in [1.29, 1.82) is 0 Å². The molecule has 1 aromatic rings. The summed E-state index contributed by atoms with van der Waals surface area (Å²) in [5.41, 5.74) is 0.0930. The maximum Gasteiger partial charge on any atom is 0.157 e. The van der Waals surface area contributed by atoms with Gasteiger partial charge in [-0.25, -0.2) is 8.42 Å². The minimum atomic E-state index is -3.20. The second kappa shape index (κ2) is 5.50. The summed E-state index contributed by atoms with van der Waals surface area (Å²) >= 11 is 0. The summed E-state index contributed by atoms with van der Waals surface area (Å²) in [6.45, 7) is 3.84. The van der Waals surface area contributed by atoms with Crippen molar-refractivity contribution in [3.05, 3.63) is 48.0 Å². The van der Waals surface area contributed by atoms with E-state index in [1.807, 2.05) is 50.3 Å². The molecular formula is C18H24O3S. The van der Waals surface area contributed by atoms with Gasteiger partial charge in [0.1, 0.15) is 0 Å². The average molecular weight is 320 g/mol. The molecule has 1 saturated heterocycles. The minimum absolute atomic E-state index is 0.0111. The zero-order chi connectivity index (χ0) is 16.0. The first-order valence-corrected chi connectivity index (χ1v) is 9.62. The van der Waals surface area contributed by atoms with Crippen LogP contribution in [0.1, 0.15) is 32.3 Å². The number of benzene rings is 1. The summed E-state index contributed by atoms with van der Waals surface area (Å²) in [5.74, 6) is -0.158. The Hall–Kier alpha value is -1.13. The van der Waals surface area contributed by atoms with E-state index in [0.717, 1.165) is 5.56 Å². The molecule has 3 rings (SSSR count). The first-order valence-electron chi connectivity index (χ1n) is 8.01. The van der Waals surface area contributed by atoms with Gasteiger partial charge in [-0.15, -0.1) is 0 Å². The van der Waals surface area contributed by atoms with Crippen molar-refractivity contribution in [3.63, 3.8) is 0 Å². The molecule has 5 atom stereocenters. The molecule has 1 heterocycles. The Morgan fingerprint density at radius 2 is 2.00 bits per heavy atom. The van der Waals surface area contributed by atoms with E-state index >= 15 is 0 Å². The van der Waals surface area contributed by atoms with Gasteiger partial charge < -0.3 is 5.11 Å². The van der Waals surface area contributed by atoms with Gasteiger partial charge in [0, 0.05) is 5.92 Å². The highest BCUT2D eigenvalue weighted by Crippen LogP contribution is 2.52. The number of aliphatic hydroxyl groups is 1. The average Bonchev–Trinajstić information content (AvgIpc) is 2.86. The lowest BCUT2D eigenvalue weighted by Gasteiger charge is -2.25. The molecule has 22 heavy (non-hydrogen) atoms. The molecule has 1 aliphatic carbocycles. The molecule has 0 bridgehead atoms. The van der Waals surface area contributed by atoms with E-state index in [1.165, 1.54) is 0 Å². The first kappa shape index (κ1) is 15.8. The van der Waals surface area contributed by atoms with E-state index in [9.17, 15) is 13.5 Å². The molecule has 1 N–H and O–H groups in total. The monoisotopic (exact) mass is 320 g/mol. The van der Waals surface area contributed by atoms with Gasteiger partial charge in [0.25, 0.3) is 0 Å². The molecule has 0 unspecified atom stereocenters. The SMILES string of the molecule is CC=C[C@@]1(O)C[C@@H](C)[C@H]2[C@@H]1C[C@H](Cc1ccccc1)S2(=O)=O. The first-order chi connectivity index (χ1) is 10.4. The van der Waals surface area contributed by atoms with Gasteiger partial charge in [-0.1, -0.05) is 49.4 Å². The second-order valence-corrected chi connectivity index (χ2v) is 9.27. The summed E-state index contributed by atoms with van der Waals surface area (Å²) in [4.78, 5) is 0. The van der Waals surface area contributed by atoms with Crippen molar-refractivity contribution in [3.8, 4) is 0 Å². The number of hydrogen-bond acceptors (Lipinski definition) is 3. The van der Waals surface area contributed by atoms with E-state index < -0.39 is 20.7 Å². The van der Waals surface area contributed by atoms with E-state index in [1.54, 1.807) is 6.08 Å². The van der Waals surface area contributed by atoms with Crippen LogP contribution in [0.2, 0.25) is 0 Å². The van der Waals surface area contributed by atoms with Gasteiger partial charge >= 0.3 is 0 Å². The Kier molecular flexibility index (Phi) is 3.94. The van der Waals surface area contributed by atoms with Crippen LogP contribution in [0, 0.1) is 11.8 Å². The fourth-order valence-electron chi connectivity index (χ4n) is 4.55. The molecule has 2 aliphatic rings. The zero-order valence-corrected chi connectivity index (χ0v) is 14.0. The van der Waals surface area contributed by atoms with Gasteiger partial charge in [-0.3, -0.25) is 0 Å². The Morgan fingerprint density at radius 1 is 1.32 bits per heavy atom. The summed E-state index contributed by atoms with van der Waals surface area (Å²) in [7, 11) is -3.20. The molecular weight excluding hydrogens is 296 g/mol.